The summed E-state index contributed by atoms with van der Waals surface area (Å²) in [4.78, 5) is 36.8. The number of hydrogen-bond acceptors (Lipinski definition) is 5. The molecule has 0 radical (unpaired) electrons. The van der Waals surface area contributed by atoms with Gasteiger partial charge in [0, 0.05) is 21.0 Å². The van der Waals surface area contributed by atoms with E-state index in [1.807, 2.05) is 0 Å². The molecule has 2 aromatic rings. The maximum absolute atomic E-state index is 13.7. The molecule has 0 spiro atoms. The van der Waals surface area contributed by atoms with Crippen molar-refractivity contribution in [2.75, 3.05) is 11.9 Å². The van der Waals surface area contributed by atoms with Gasteiger partial charge in [0.05, 0.1) is 5.56 Å². The molecule has 1 aliphatic rings. The fraction of sp³-hybridized carbons (Fsp3) is 0.250. The first-order valence-corrected chi connectivity index (χ1v) is 10.5. The molecular formula is C20H18BrFN2O4S. The first kappa shape index (κ1) is 21.2. The van der Waals surface area contributed by atoms with Crippen LogP contribution in [0.15, 0.2) is 28.7 Å². The summed E-state index contributed by atoms with van der Waals surface area (Å²) in [6.07, 6.45) is 5.91. The second kappa shape index (κ2) is 9.32. The van der Waals surface area contributed by atoms with Crippen molar-refractivity contribution in [3.63, 3.8) is 0 Å². The van der Waals surface area contributed by atoms with Gasteiger partial charge >= 0.3 is 5.97 Å². The number of ether oxygens (including phenoxy) is 1. The van der Waals surface area contributed by atoms with Gasteiger partial charge in [-0.25, -0.2) is 9.18 Å². The van der Waals surface area contributed by atoms with Gasteiger partial charge in [-0.3, -0.25) is 9.59 Å². The Morgan fingerprint density at radius 1 is 1.28 bits per heavy atom. The molecule has 6 nitrogen and oxygen atoms in total. The number of anilines is 1. The maximum Gasteiger partial charge on any atom is 0.331 e. The number of benzene rings is 1. The van der Waals surface area contributed by atoms with Gasteiger partial charge in [0.15, 0.2) is 6.61 Å². The van der Waals surface area contributed by atoms with Gasteiger partial charge in [0.25, 0.3) is 11.8 Å². The van der Waals surface area contributed by atoms with Crippen molar-refractivity contribution in [2.24, 2.45) is 5.73 Å². The number of thiophene rings is 1. The molecule has 0 unspecified atom stereocenters. The predicted molar refractivity (Wildman–Crippen MR) is 112 cm³/mol. The van der Waals surface area contributed by atoms with Crippen molar-refractivity contribution in [3.8, 4) is 0 Å². The number of nitrogens with one attached hydrogen (secondary N) is 1. The molecule has 0 saturated heterocycles. The Kier molecular flexibility index (Phi) is 6.81. The highest BCUT2D eigenvalue weighted by atomic mass is 79.9. The number of primary amides is 1. The van der Waals surface area contributed by atoms with E-state index in [2.05, 4.69) is 21.2 Å². The number of esters is 1. The van der Waals surface area contributed by atoms with E-state index >= 15 is 0 Å². The molecule has 0 bridgehead atoms. The Morgan fingerprint density at radius 2 is 2.03 bits per heavy atom. The molecule has 1 heterocycles. The van der Waals surface area contributed by atoms with Crippen molar-refractivity contribution >= 4 is 56.1 Å². The highest BCUT2D eigenvalue weighted by Crippen LogP contribution is 2.37. The lowest BCUT2D eigenvalue weighted by atomic mass is 9.95. The normalized spacial score (nSPS) is 13.2. The number of carbonyl (C=O) groups is 3. The SMILES string of the molecule is NC(=O)c1c(NC(=O)COC(=O)/C=C/c2cc(Br)ccc2F)sc2c1CCCC2. The van der Waals surface area contributed by atoms with Gasteiger partial charge in [-0.15, -0.1) is 11.3 Å². The van der Waals surface area contributed by atoms with Crippen LogP contribution in [0.2, 0.25) is 0 Å². The predicted octanol–water partition coefficient (Wildman–Crippen LogP) is 3.82. The molecule has 0 saturated carbocycles. The van der Waals surface area contributed by atoms with Gasteiger partial charge in [0.2, 0.25) is 0 Å². The number of carbonyl (C=O) groups excluding carboxylic acids is 3. The Hall–Kier alpha value is -2.52. The number of fused-ring (bicyclic) bond motifs is 1. The molecular weight excluding hydrogens is 463 g/mol. The third kappa shape index (κ3) is 5.30. The minimum Gasteiger partial charge on any atom is -0.452 e. The molecule has 0 aliphatic heterocycles. The standard InChI is InChI=1S/C20H18BrFN2O4S/c21-12-6-7-14(22)11(9-12)5-8-17(26)28-10-16(25)24-20-18(19(23)27)13-3-1-2-4-15(13)29-20/h5-9H,1-4,10H2,(H2,23,27)(H,24,25)/b8-5+. The van der Waals surface area contributed by atoms with Crippen LogP contribution in [0.5, 0.6) is 0 Å². The van der Waals surface area contributed by atoms with Crippen LogP contribution in [0.4, 0.5) is 9.39 Å². The van der Waals surface area contributed by atoms with Gasteiger partial charge < -0.3 is 15.8 Å². The van der Waals surface area contributed by atoms with E-state index in [0.29, 0.717) is 15.0 Å². The first-order chi connectivity index (χ1) is 13.8. The van der Waals surface area contributed by atoms with E-state index in [0.717, 1.165) is 42.2 Å². The number of halogens is 2. The highest BCUT2D eigenvalue weighted by molar-refractivity contribution is 9.10. The number of amides is 2. The Balaban J connectivity index is 1.59. The van der Waals surface area contributed by atoms with Gasteiger partial charge in [0.1, 0.15) is 10.8 Å². The molecule has 29 heavy (non-hydrogen) atoms. The Bertz CT molecular complexity index is 1000. The molecule has 1 aromatic heterocycles. The molecule has 0 fully saturated rings. The Morgan fingerprint density at radius 3 is 2.79 bits per heavy atom. The minimum atomic E-state index is -0.792. The molecule has 0 atom stereocenters. The Labute approximate surface area is 179 Å². The van der Waals surface area contributed by atoms with Crippen LogP contribution < -0.4 is 11.1 Å². The minimum absolute atomic E-state index is 0.205. The lowest BCUT2D eigenvalue weighted by Gasteiger charge is -2.11. The van der Waals surface area contributed by atoms with E-state index in [9.17, 15) is 18.8 Å². The highest BCUT2D eigenvalue weighted by Gasteiger charge is 2.25. The van der Waals surface area contributed by atoms with Crippen molar-refractivity contribution < 1.29 is 23.5 Å². The second-order valence-electron chi connectivity index (χ2n) is 6.43. The summed E-state index contributed by atoms with van der Waals surface area (Å²) in [7, 11) is 0. The maximum atomic E-state index is 13.7. The summed E-state index contributed by atoms with van der Waals surface area (Å²) in [5.74, 6) is -2.45. The zero-order valence-electron chi connectivity index (χ0n) is 15.3. The molecule has 152 valence electrons. The number of hydrogen-bond donors (Lipinski definition) is 2. The van der Waals surface area contributed by atoms with Crippen molar-refractivity contribution in [1.29, 1.82) is 0 Å². The van der Waals surface area contributed by atoms with Crippen LogP contribution in [0.3, 0.4) is 0 Å². The van der Waals surface area contributed by atoms with Crippen LogP contribution in [-0.4, -0.2) is 24.4 Å². The van der Waals surface area contributed by atoms with Crippen molar-refractivity contribution in [2.45, 2.75) is 25.7 Å². The number of aryl methyl sites for hydroxylation is 1. The molecule has 1 aromatic carbocycles. The lowest BCUT2D eigenvalue weighted by molar-refractivity contribution is -0.142. The zero-order chi connectivity index (χ0) is 21.0. The number of nitrogens with two attached hydrogens (primary N) is 1. The second-order valence-corrected chi connectivity index (χ2v) is 8.46. The summed E-state index contributed by atoms with van der Waals surface area (Å²) in [5.41, 5.74) is 6.94. The summed E-state index contributed by atoms with van der Waals surface area (Å²) >= 11 is 4.55. The smallest absolute Gasteiger partial charge is 0.331 e. The van der Waals surface area contributed by atoms with E-state index < -0.39 is 30.2 Å². The van der Waals surface area contributed by atoms with Crippen LogP contribution in [0, 0.1) is 5.82 Å². The van der Waals surface area contributed by atoms with E-state index in [1.54, 1.807) is 0 Å². The molecule has 1 aliphatic carbocycles. The molecule has 9 heteroatoms. The third-order valence-corrected chi connectivity index (χ3v) is 6.07. The monoisotopic (exact) mass is 480 g/mol. The number of rotatable bonds is 6. The summed E-state index contributed by atoms with van der Waals surface area (Å²) in [6.45, 7) is -0.537. The van der Waals surface area contributed by atoms with Crippen molar-refractivity contribution in [3.05, 3.63) is 56.1 Å². The summed E-state index contributed by atoms with van der Waals surface area (Å²) in [5, 5.41) is 2.99. The molecule has 2 amide bonds. The van der Waals surface area contributed by atoms with Gasteiger partial charge in [-0.05, 0) is 55.5 Å². The largest absolute Gasteiger partial charge is 0.452 e. The lowest BCUT2D eigenvalue weighted by Crippen LogP contribution is -2.22. The van der Waals surface area contributed by atoms with Crippen LogP contribution in [-0.2, 0) is 27.2 Å². The summed E-state index contributed by atoms with van der Waals surface area (Å²) < 4.78 is 19.2. The third-order valence-electron chi connectivity index (χ3n) is 4.37. The van der Waals surface area contributed by atoms with E-state index in [-0.39, 0.29) is 5.56 Å². The molecule has 3 N–H and O–H groups in total. The topological polar surface area (TPSA) is 98.5 Å². The van der Waals surface area contributed by atoms with Crippen LogP contribution in [0.1, 0.15) is 39.2 Å². The van der Waals surface area contributed by atoms with E-state index in [1.165, 1.54) is 35.6 Å². The van der Waals surface area contributed by atoms with E-state index in [4.69, 9.17) is 10.5 Å². The fourth-order valence-electron chi connectivity index (χ4n) is 3.06. The first-order valence-electron chi connectivity index (χ1n) is 8.89. The average Bonchev–Trinajstić information content (AvgIpc) is 3.05. The van der Waals surface area contributed by atoms with Crippen LogP contribution >= 0.6 is 27.3 Å². The zero-order valence-corrected chi connectivity index (χ0v) is 17.7. The summed E-state index contributed by atoms with van der Waals surface area (Å²) in [6, 6.07) is 4.31. The quantitative estimate of drug-likeness (QED) is 0.484. The van der Waals surface area contributed by atoms with Gasteiger partial charge in [-0.1, -0.05) is 15.9 Å². The van der Waals surface area contributed by atoms with Crippen molar-refractivity contribution in [1.82, 2.24) is 0 Å². The average molecular weight is 481 g/mol. The van der Waals surface area contributed by atoms with Crippen LogP contribution in [0.25, 0.3) is 6.08 Å². The fourth-order valence-corrected chi connectivity index (χ4v) is 4.75. The van der Waals surface area contributed by atoms with Gasteiger partial charge in [-0.2, -0.15) is 0 Å². The molecule has 3 rings (SSSR count).